The first-order valence-electron chi connectivity index (χ1n) is 6.32. The molecule has 1 aromatic carbocycles. The van der Waals surface area contributed by atoms with E-state index in [2.05, 4.69) is 32.9 Å². The third kappa shape index (κ3) is 2.78. The van der Waals surface area contributed by atoms with Crippen LogP contribution < -0.4 is 5.19 Å². The van der Waals surface area contributed by atoms with E-state index in [1.807, 2.05) is 12.1 Å². The molecule has 0 fully saturated rings. The zero-order chi connectivity index (χ0) is 12.9. The van der Waals surface area contributed by atoms with E-state index in [0.29, 0.717) is 5.56 Å². The first-order valence-corrected chi connectivity index (χ1v) is 8.94. The second-order valence-corrected chi connectivity index (χ2v) is 9.67. The molecule has 3 heteroatoms. The van der Waals surface area contributed by atoms with E-state index in [4.69, 9.17) is 4.74 Å². The second-order valence-electron chi connectivity index (χ2n) is 4.41. The number of carbonyl (C=O) groups is 1. The molecule has 0 heterocycles. The second kappa shape index (κ2) is 6.01. The number of esters is 1. The number of hydrogen-bond donors (Lipinski definition) is 0. The Hall–Kier alpha value is -1.09. The number of ether oxygens (including phenoxy) is 1. The standard InChI is InChI=1S/C14H22O2Si/c1-5-17(6-2,7-3)13-10-8-12(9-11-13)14(15)16-4/h8-11H,5-7H2,1-4H3. The number of hydrogen-bond acceptors (Lipinski definition) is 2. The topological polar surface area (TPSA) is 26.3 Å². The number of methoxy groups -OCH3 is 1. The summed E-state index contributed by atoms with van der Waals surface area (Å²) in [6.07, 6.45) is 0. The average Bonchev–Trinajstić information content (AvgIpc) is 2.41. The van der Waals surface area contributed by atoms with Crippen molar-refractivity contribution in [1.82, 2.24) is 0 Å². The van der Waals surface area contributed by atoms with Crippen LogP contribution in [0.4, 0.5) is 0 Å². The van der Waals surface area contributed by atoms with E-state index < -0.39 is 8.07 Å². The zero-order valence-corrected chi connectivity index (χ0v) is 12.2. The van der Waals surface area contributed by atoms with Gasteiger partial charge in [-0.25, -0.2) is 4.79 Å². The Morgan fingerprint density at radius 1 is 1.06 bits per heavy atom. The highest BCUT2D eigenvalue weighted by Gasteiger charge is 2.28. The lowest BCUT2D eigenvalue weighted by atomic mass is 10.2. The molecule has 1 aromatic rings. The molecule has 0 atom stereocenters. The molecule has 0 aliphatic carbocycles. The van der Waals surface area contributed by atoms with Gasteiger partial charge in [-0.1, -0.05) is 56.2 Å². The number of rotatable bonds is 5. The lowest BCUT2D eigenvalue weighted by Crippen LogP contribution is -2.45. The predicted molar refractivity (Wildman–Crippen MR) is 74.6 cm³/mol. The molecule has 0 unspecified atom stereocenters. The summed E-state index contributed by atoms with van der Waals surface area (Å²) in [4.78, 5) is 11.4. The highest BCUT2D eigenvalue weighted by molar-refractivity contribution is 6.91. The van der Waals surface area contributed by atoms with Gasteiger partial charge in [0.25, 0.3) is 0 Å². The van der Waals surface area contributed by atoms with Crippen molar-refractivity contribution in [2.75, 3.05) is 7.11 Å². The summed E-state index contributed by atoms with van der Waals surface area (Å²) in [6.45, 7) is 6.86. The van der Waals surface area contributed by atoms with Gasteiger partial charge in [0.15, 0.2) is 0 Å². The van der Waals surface area contributed by atoms with Crippen molar-refractivity contribution >= 4 is 19.2 Å². The Morgan fingerprint density at radius 3 is 1.88 bits per heavy atom. The molecule has 0 N–H and O–H groups in total. The maximum atomic E-state index is 11.4. The summed E-state index contributed by atoms with van der Waals surface area (Å²) in [6, 6.07) is 11.8. The number of carbonyl (C=O) groups excluding carboxylic acids is 1. The zero-order valence-electron chi connectivity index (χ0n) is 11.2. The Bertz CT molecular complexity index is 358. The minimum Gasteiger partial charge on any atom is -0.465 e. The normalized spacial score (nSPS) is 11.3. The van der Waals surface area contributed by atoms with Gasteiger partial charge in [-0.15, -0.1) is 0 Å². The van der Waals surface area contributed by atoms with Crippen molar-refractivity contribution in [2.24, 2.45) is 0 Å². The molecule has 0 radical (unpaired) electrons. The lowest BCUT2D eigenvalue weighted by Gasteiger charge is -2.28. The van der Waals surface area contributed by atoms with E-state index in [0.717, 1.165) is 0 Å². The molecule has 0 saturated carbocycles. The summed E-state index contributed by atoms with van der Waals surface area (Å²) in [7, 11) is 0.103. The van der Waals surface area contributed by atoms with Crippen LogP contribution in [0.1, 0.15) is 31.1 Å². The van der Waals surface area contributed by atoms with Crippen LogP contribution in [0.5, 0.6) is 0 Å². The van der Waals surface area contributed by atoms with Crippen LogP contribution in [0.2, 0.25) is 18.1 Å². The van der Waals surface area contributed by atoms with E-state index in [9.17, 15) is 4.79 Å². The minimum atomic E-state index is -1.31. The summed E-state index contributed by atoms with van der Waals surface area (Å²) >= 11 is 0. The predicted octanol–water partition coefficient (Wildman–Crippen LogP) is 3.19. The largest absolute Gasteiger partial charge is 0.465 e. The van der Waals surface area contributed by atoms with Crippen LogP contribution in [0.25, 0.3) is 0 Å². The van der Waals surface area contributed by atoms with Crippen molar-refractivity contribution in [2.45, 2.75) is 38.9 Å². The first-order chi connectivity index (χ1) is 8.13. The van der Waals surface area contributed by atoms with Crippen LogP contribution in [-0.2, 0) is 4.74 Å². The quantitative estimate of drug-likeness (QED) is 0.592. The maximum Gasteiger partial charge on any atom is 0.337 e. The fourth-order valence-electron chi connectivity index (χ4n) is 2.44. The molecule has 0 aliphatic heterocycles. The monoisotopic (exact) mass is 250 g/mol. The van der Waals surface area contributed by atoms with Crippen LogP contribution >= 0.6 is 0 Å². The molecule has 0 saturated heterocycles. The van der Waals surface area contributed by atoms with Crippen molar-refractivity contribution in [3.8, 4) is 0 Å². The van der Waals surface area contributed by atoms with Gasteiger partial charge in [-0.3, -0.25) is 0 Å². The van der Waals surface area contributed by atoms with Gasteiger partial charge in [-0.05, 0) is 12.1 Å². The fourth-order valence-corrected chi connectivity index (χ4v) is 6.04. The van der Waals surface area contributed by atoms with Crippen LogP contribution in [-0.4, -0.2) is 21.2 Å². The van der Waals surface area contributed by atoms with Crippen molar-refractivity contribution in [1.29, 1.82) is 0 Å². The van der Waals surface area contributed by atoms with E-state index >= 15 is 0 Å². The molecule has 17 heavy (non-hydrogen) atoms. The molecule has 2 nitrogen and oxygen atoms in total. The number of benzene rings is 1. The average molecular weight is 250 g/mol. The molecule has 0 bridgehead atoms. The van der Waals surface area contributed by atoms with Gasteiger partial charge in [0.1, 0.15) is 0 Å². The molecule has 0 spiro atoms. The smallest absolute Gasteiger partial charge is 0.337 e. The van der Waals surface area contributed by atoms with Crippen LogP contribution in [0, 0.1) is 0 Å². The van der Waals surface area contributed by atoms with E-state index in [-0.39, 0.29) is 5.97 Å². The highest BCUT2D eigenvalue weighted by Crippen LogP contribution is 2.20. The molecular formula is C14H22O2Si. The summed E-state index contributed by atoms with van der Waals surface area (Å²) in [5.74, 6) is -0.256. The van der Waals surface area contributed by atoms with Crippen molar-refractivity contribution < 1.29 is 9.53 Å². The minimum absolute atomic E-state index is 0.256. The van der Waals surface area contributed by atoms with Gasteiger partial charge in [0.2, 0.25) is 0 Å². The Morgan fingerprint density at radius 2 is 1.53 bits per heavy atom. The van der Waals surface area contributed by atoms with Crippen molar-refractivity contribution in [3.05, 3.63) is 29.8 Å². The van der Waals surface area contributed by atoms with Gasteiger partial charge in [-0.2, -0.15) is 0 Å². The first kappa shape index (κ1) is 14.0. The van der Waals surface area contributed by atoms with Crippen LogP contribution in [0.3, 0.4) is 0 Å². The molecule has 94 valence electrons. The van der Waals surface area contributed by atoms with Gasteiger partial charge < -0.3 is 4.74 Å². The Kier molecular flexibility index (Phi) is 4.94. The molecule has 0 aliphatic rings. The molecule has 1 rings (SSSR count). The molecular weight excluding hydrogens is 228 g/mol. The third-order valence-corrected chi connectivity index (χ3v) is 9.57. The summed E-state index contributed by atoms with van der Waals surface area (Å²) < 4.78 is 4.71. The summed E-state index contributed by atoms with van der Waals surface area (Å²) in [5, 5.41) is 1.46. The Balaban J connectivity index is 3.04. The third-order valence-electron chi connectivity index (χ3n) is 3.95. The molecule has 0 amide bonds. The van der Waals surface area contributed by atoms with E-state index in [1.165, 1.54) is 30.4 Å². The van der Waals surface area contributed by atoms with Crippen LogP contribution in [0.15, 0.2) is 24.3 Å². The van der Waals surface area contributed by atoms with Gasteiger partial charge in [0.05, 0.1) is 20.7 Å². The molecule has 0 aromatic heterocycles. The SMILES string of the molecule is CC[Si](CC)(CC)c1ccc(C(=O)OC)cc1. The Labute approximate surface area is 105 Å². The van der Waals surface area contributed by atoms with Gasteiger partial charge >= 0.3 is 5.97 Å². The highest BCUT2D eigenvalue weighted by atomic mass is 28.3. The lowest BCUT2D eigenvalue weighted by molar-refractivity contribution is 0.0601. The van der Waals surface area contributed by atoms with E-state index in [1.54, 1.807) is 0 Å². The van der Waals surface area contributed by atoms with Gasteiger partial charge in [0, 0.05) is 0 Å². The van der Waals surface area contributed by atoms with Crippen molar-refractivity contribution in [3.63, 3.8) is 0 Å². The summed E-state index contributed by atoms with van der Waals surface area (Å²) in [5.41, 5.74) is 0.641. The fraction of sp³-hybridized carbons (Fsp3) is 0.500. The maximum absolute atomic E-state index is 11.4.